The molecule has 1 aromatic heterocycles. The number of carbonyl (C=O) groups excluding carboxylic acids is 1. The molecule has 132 valence electrons. The van der Waals surface area contributed by atoms with Gasteiger partial charge in [0.15, 0.2) is 15.5 Å². The maximum atomic E-state index is 12.1. The molecule has 1 atom stereocenters. The Morgan fingerprint density at radius 2 is 2.00 bits per heavy atom. The normalized spacial score (nSPS) is 18.7. The van der Waals surface area contributed by atoms with E-state index in [0.717, 1.165) is 5.56 Å². The third-order valence-corrected chi connectivity index (χ3v) is 5.95. The fourth-order valence-electron chi connectivity index (χ4n) is 2.71. The van der Waals surface area contributed by atoms with Gasteiger partial charge in [0.1, 0.15) is 5.82 Å². The van der Waals surface area contributed by atoms with Gasteiger partial charge in [0.05, 0.1) is 11.5 Å². The van der Waals surface area contributed by atoms with Gasteiger partial charge in [-0.05, 0) is 36.6 Å². The van der Waals surface area contributed by atoms with Gasteiger partial charge in [-0.25, -0.2) is 8.42 Å². The molecule has 0 spiro atoms. The van der Waals surface area contributed by atoms with Gasteiger partial charge in [0.2, 0.25) is 0 Å². The molecule has 7 nitrogen and oxygen atoms in total. The van der Waals surface area contributed by atoms with E-state index in [1.54, 1.807) is 12.1 Å². The number of hydrogen-bond donors (Lipinski definition) is 2. The minimum atomic E-state index is -3.03. The van der Waals surface area contributed by atoms with Crippen LogP contribution in [0, 0.1) is 6.92 Å². The molecule has 1 saturated heterocycles. The van der Waals surface area contributed by atoms with Gasteiger partial charge in [-0.15, -0.1) is 10.2 Å². The molecule has 1 fully saturated rings. The fraction of sp³-hybridized carbons (Fsp3) is 0.353. The number of sulfone groups is 1. The summed E-state index contributed by atoms with van der Waals surface area (Å²) in [5.41, 5.74) is 2.52. The average molecular weight is 360 g/mol. The van der Waals surface area contributed by atoms with E-state index >= 15 is 0 Å². The zero-order valence-electron chi connectivity index (χ0n) is 13.9. The van der Waals surface area contributed by atoms with Gasteiger partial charge in [-0.3, -0.25) is 4.79 Å². The minimum Gasteiger partial charge on any atom is -0.364 e. The minimum absolute atomic E-state index is 0.0117. The van der Waals surface area contributed by atoms with E-state index in [0.29, 0.717) is 18.8 Å². The van der Waals surface area contributed by atoms with Gasteiger partial charge in [-0.1, -0.05) is 24.3 Å². The van der Waals surface area contributed by atoms with Gasteiger partial charge in [0, 0.05) is 12.6 Å². The smallest absolute Gasteiger partial charge is 0.272 e. The lowest BCUT2D eigenvalue weighted by Gasteiger charge is -2.10. The summed E-state index contributed by atoms with van der Waals surface area (Å²) in [7, 11) is -3.03. The Balaban J connectivity index is 1.56. The molecule has 0 aliphatic carbocycles. The van der Waals surface area contributed by atoms with Crippen LogP contribution in [-0.4, -0.2) is 42.1 Å². The summed E-state index contributed by atoms with van der Waals surface area (Å²) in [6.07, 6.45) is 0.442. The third-order valence-electron chi connectivity index (χ3n) is 4.19. The zero-order valence-corrected chi connectivity index (χ0v) is 14.7. The quantitative estimate of drug-likeness (QED) is 0.834. The third kappa shape index (κ3) is 4.54. The molecule has 2 N–H and O–H groups in total. The van der Waals surface area contributed by atoms with Crippen LogP contribution in [0.5, 0.6) is 0 Å². The highest BCUT2D eigenvalue weighted by molar-refractivity contribution is 7.91. The van der Waals surface area contributed by atoms with Crippen LogP contribution >= 0.6 is 0 Å². The van der Waals surface area contributed by atoms with Crippen LogP contribution in [0.3, 0.4) is 0 Å². The largest absolute Gasteiger partial charge is 0.364 e. The molecule has 3 rings (SSSR count). The topological polar surface area (TPSA) is 101 Å². The summed E-state index contributed by atoms with van der Waals surface area (Å²) < 4.78 is 22.9. The average Bonchev–Trinajstić information content (AvgIpc) is 2.93. The van der Waals surface area contributed by atoms with E-state index in [1.165, 1.54) is 5.56 Å². The second kappa shape index (κ2) is 7.18. The lowest BCUT2D eigenvalue weighted by atomic mass is 10.1. The molecule has 1 aromatic carbocycles. The highest BCUT2D eigenvalue weighted by Gasteiger charge is 2.29. The molecule has 1 aliphatic rings. The Morgan fingerprint density at radius 1 is 1.20 bits per heavy atom. The van der Waals surface area contributed by atoms with E-state index in [4.69, 9.17) is 0 Å². The summed E-state index contributed by atoms with van der Waals surface area (Å²) in [5.74, 6) is 0.275. The Labute approximate surface area is 146 Å². The van der Waals surface area contributed by atoms with Crippen LogP contribution in [0.4, 0.5) is 5.82 Å². The van der Waals surface area contributed by atoms with Crippen LogP contribution in [-0.2, 0) is 16.4 Å². The van der Waals surface area contributed by atoms with Crippen molar-refractivity contribution in [2.24, 2.45) is 0 Å². The number of benzene rings is 1. The maximum Gasteiger partial charge on any atom is 0.272 e. The fourth-order valence-corrected chi connectivity index (χ4v) is 4.38. The summed E-state index contributed by atoms with van der Waals surface area (Å²) in [5, 5.41) is 13.8. The van der Waals surface area contributed by atoms with Crippen molar-refractivity contribution in [2.75, 3.05) is 16.8 Å². The standard InChI is InChI=1S/C17H20N4O3S/c1-12-4-2-3-5-13(12)10-18-16-7-6-15(20-21-16)17(22)19-14-8-9-25(23,24)11-14/h2-7,14H,8-11H2,1H3,(H,18,21)(H,19,22). The Morgan fingerprint density at radius 3 is 2.64 bits per heavy atom. The van der Waals surface area contributed by atoms with E-state index in [2.05, 4.69) is 20.8 Å². The van der Waals surface area contributed by atoms with Crippen LogP contribution in [0.1, 0.15) is 28.0 Å². The molecule has 0 bridgehead atoms. The molecule has 8 heteroatoms. The predicted octanol–water partition coefficient (Wildman–Crippen LogP) is 1.31. The molecule has 2 heterocycles. The van der Waals surface area contributed by atoms with E-state index in [9.17, 15) is 13.2 Å². The summed E-state index contributed by atoms with van der Waals surface area (Å²) in [4.78, 5) is 12.1. The summed E-state index contributed by atoms with van der Waals surface area (Å²) >= 11 is 0. The van der Waals surface area contributed by atoms with Crippen molar-refractivity contribution in [1.29, 1.82) is 0 Å². The number of aromatic nitrogens is 2. The van der Waals surface area contributed by atoms with Crippen LogP contribution < -0.4 is 10.6 Å². The molecule has 1 amide bonds. The van der Waals surface area contributed by atoms with E-state index < -0.39 is 15.7 Å². The second-order valence-electron chi connectivity index (χ2n) is 6.16. The highest BCUT2D eigenvalue weighted by Crippen LogP contribution is 2.13. The SMILES string of the molecule is Cc1ccccc1CNc1ccc(C(=O)NC2CCS(=O)(=O)C2)nn1. The molecule has 0 radical (unpaired) electrons. The summed E-state index contributed by atoms with van der Waals surface area (Å²) in [6.45, 7) is 2.66. The Hall–Kier alpha value is -2.48. The Bertz CT molecular complexity index is 866. The second-order valence-corrected chi connectivity index (χ2v) is 8.39. The molecule has 2 aromatic rings. The first-order valence-electron chi connectivity index (χ1n) is 8.06. The lowest BCUT2D eigenvalue weighted by molar-refractivity contribution is 0.0935. The van der Waals surface area contributed by atoms with Crippen molar-refractivity contribution in [3.8, 4) is 0 Å². The highest BCUT2D eigenvalue weighted by atomic mass is 32.2. The number of carbonyl (C=O) groups is 1. The van der Waals surface area contributed by atoms with Gasteiger partial charge < -0.3 is 10.6 Å². The number of nitrogens with one attached hydrogen (secondary N) is 2. The van der Waals surface area contributed by atoms with Crippen molar-refractivity contribution in [3.63, 3.8) is 0 Å². The molecule has 0 saturated carbocycles. The van der Waals surface area contributed by atoms with Crippen LogP contribution in [0.2, 0.25) is 0 Å². The van der Waals surface area contributed by atoms with Crippen molar-refractivity contribution in [3.05, 3.63) is 53.2 Å². The van der Waals surface area contributed by atoms with Gasteiger partial charge in [-0.2, -0.15) is 0 Å². The maximum absolute atomic E-state index is 12.1. The zero-order chi connectivity index (χ0) is 17.9. The van der Waals surface area contributed by atoms with Crippen molar-refractivity contribution < 1.29 is 13.2 Å². The van der Waals surface area contributed by atoms with Crippen molar-refractivity contribution in [1.82, 2.24) is 15.5 Å². The number of rotatable bonds is 5. The number of hydrogen-bond acceptors (Lipinski definition) is 6. The summed E-state index contributed by atoms with van der Waals surface area (Å²) in [6, 6.07) is 11.0. The van der Waals surface area contributed by atoms with Crippen LogP contribution in [0.15, 0.2) is 36.4 Å². The van der Waals surface area contributed by atoms with E-state index in [-0.39, 0.29) is 23.2 Å². The van der Waals surface area contributed by atoms with Gasteiger partial charge in [0.25, 0.3) is 5.91 Å². The molecular formula is C17H20N4O3S. The Kier molecular flexibility index (Phi) is 4.98. The first kappa shape index (κ1) is 17.3. The van der Waals surface area contributed by atoms with Gasteiger partial charge >= 0.3 is 0 Å². The van der Waals surface area contributed by atoms with Crippen molar-refractivity contribution >= 4 is 21.6 Å². The first-order valence-corrected chi connectivity index (χ1v) is 9.88. The number of aryl methyl sites for hydroxylation is 1. The number of anilines is 1. The number of nitrogens with zero attached hydrogens (tertiary/aromatic N) is 2. The molecule has 1 unspecified atom stereocenters. The predicted molar refractivity (Wildman–Crippen MR) is 95.1 cm³/mol. The molecule has 1 aliphatic heterocycles. The van der Waals surface area contributed by atoms with E-state index in [1.807, 2.05) is 31.2 Å². The number of amides is 1. The monoisotopic (exact) mass is 360 g/mol. The van der Waals surface area contributed by atoms with Crippen LogP contribution in [0.25, 0.3) is 0 Å². The lowest BCUT2D eigenvalue weighted by Crippen LogP contribution is -2.36. The molecule has 25 heavy (non-hydrogen) atoms. The first-order chi connectivity index (χ1) is 11.9. The molecular weight excluding hydrogens is 340 g/mol. The van der Waals surface area contributed by atoms with Crippen molar-refractivity contribution in [2.45, 2.75) is 25.9 Å².